The first-order chi connectivity index (χ1) is 21.5. The number of hydrogen-bond acceptors (Lipinski definition) is 4. The second-order valence-corrected chi connectivity index (χ2v) is 14.1. The molecule has 0 radical (unpaired) electrons. The molecule has 1 heterocycles. The van der Waals surface area contributed by atoms with Crippen molar-refractivity contribution >= 4 is 44.6 Å². The highest BCUT2D eigenvalue weighted by Gasteiger charge is 2.53. The molecule has 0 spiro atoms. The fourth-order valence-electron chi connectivity index (χ4n) is 7.56. The summed E-state index contributed by atoms with van der Waals surface area (Å²) in [5.41, 5.74) is 2.98. The molecule has 232 valence electrons. The van der Waals surface area contributed by atoms with Crippen LogP contribution in [0.2, 0.25) is 5.02 Å². The Morgan fingerprint density at radius 3 is 2.31 bits per heavy atom. The molecule has 1 aliphatic heterocycles. The maximum absolute atomic E-state index is 13.3. The zero-order valence-corrected chi connectivity index (χ0v) is 25.4. The average Bonchev–Trinajstić information content (AvgIpc) is 3.65. The Hall–Kier alpha value is -4.02. The van der Waals surface area contributed by atoms with Crippen LogP contribution >= 0.6 is 11.6 Å². The average molecular weight is 652 g/mol. The number of carbonyl (C=O) groups is 1. The number of carbonyl (C=O) groups excluding carboxylic acids is 1. The molecule has 45 heavy (non-hydrogen) atoms. The third-order valence-corrected chi connectivity index (χ3v) is 11.2. The predicted octanol–water partition coefficient (Wildman–Crippen LogP) is 8.71. The maximum Gasteiger partial charge on any atom is 0.417 e. The van der Waals surface area contributed by atoms with E-state index in [0.717, 1.165) is 17.8 Å². The van der Waals surface area contributed by atoms with E-state index >= 15 is 0 Å². The number of amides is 1. The lowest BCUT2D eigenvalue weighted by molar-refractivity contribution is -0.137. The molecule has 4 aromatic rings. The van der Waals surface area contributed by atoms with E-state index in [-0.39, 0.29) is 22.5 Å². The van der Waals surface area contributed by atoms with Gasteiger partial charge in [-0.15, -0.1) is 0 Å². The van der Waals surface area contributed by atoms with E-state index in [1.807, 2.05) is 18.2 Å². The molecule has 0 unspecified atom stereocenters. The van der Waals surface area contributed by atoms with E-state index in [9.17, 15) is 26.4 Å². The standard InChI is InChI=1S/C34H29ClF3N3O3S/c35-28-14-11-24(18-27(28)34(36,37)38)41-45(43,44)25-12-9-23(10-13-25)39-33(42)22-8-15-29-26(17-22)30-20-6-7-21(16-20)31(30)32(40-29)19-4-2-1-3-5-19/h1-5,8-15,17-18,20-21,30-32,40-41H,6-7,16H2,(H,39,42)/t20-,21-,30-,31-,32+/m0/s1. The molecule has 2 saturated carbocycles. The normalized spacial score (nSPS) is 23.5. The number of hydrogen-bond donors (Lipinski definition) is 3. The number of rotatable bonds is 6. The first kappa shape index (κ1) is 29.7. The van der Waals surface area contributed by atoms with Gasteiger partial charge in [0.2, 0.25) is 0 Å². The molecule has 3 aliphatic rings. The van der Waals surface area contributed by atoms with Gasteiger partial charge in [-0.25, -0.2) is 8.42 Å². The first-order valence-electron chi connectivity index (χ1n) is 14.7. The van der Waals surface area contributed by atoms with Gasteiger partial charge in [0.15, 0.2) is 0 Å². The Balaban J connectivity index is 1.08. The van der Waals surface area contributed by atoms with Crippen molar-refractivity contribution in [3.8, 4) is 0 Å². The summed E-state index contributed by atoms with van der Waals surface area (Å²) in [7, 11) is -4.21. The number of sulfonamides is 1. The predicted molar refractivity (Wildman–Crippen MR) is 168 cm³/mol. The van der Waals surface area contributed by atoms with E-state index in [4.69, 9.17) is 11.6 Å². The number of halogens is 4. The molecule has 11 heteroatoms. The van der Waals surface area contributed by atoms with Crippen LogP contribution in [0.5, 0.6) is 0 Å². The van der Waals surface area contributed by atoms with Gasteiger partial charge < -0.3 is 10.6 Å². The molecule has 2 aliphatic carbocycles. The highest BCUT2D eigenvalue weighted by atomic mass is 35.5. The van der Waals surface area contributed by atoms with Crippen molar-refractivity contribution in [3.05, 3.63) is 118 Å². The topological polar surface area (TPSA) is 87.3 Å². The molecule has 3 N–H and O–H groups in total. The first-order valence-corrected chi connectivity index (χ1v) is 16.6. The van der Waals surface area contributed by atoms with E-state index in [0.29, 0.717) is 41.0 Å². The number of alkyl halides is 3. The second-order valence-electron chi connectivity index (χ2n) is 12.0. The minimum Gasteiger partial charge on any atom is -0.378 e. The largest absolute Gasteiger partial charge is 0.417 e. The number of anilines is 3. The van der Waals surface area contributed by atoms with Gasteiger partial charge in [-0.2, -0.15) is 13.2 Å². The minimum absolute atomic E-state index is 0.181. The Morgan fingerprint density at radius 2 is 1.58 bits per heavy atom. The summed E-state index contributed by atoms with van der Waals surface area (Å²) < 4.78 is 67.5. The van der Waals surface area contributed by atoms with Crippen LogP contribution in [-0.4, -0.2) is 14.3 Å². The molecule has 5 atom stereocenters. The Kier molecular flexibility index (Phi) is 7.32. The van der Waals surface area contributed by atoms with Crippen LogP contribution in [0.3, 0.4) is 0 Å². The number of fused-ring (bicyclic) bond motifs is 7. The summed E-state index contributed by atoms with van der Waals surface area (Å²) in [5, 5.41) is 6.08. The van der Waals surface area contributed by atoms with Crippen molar-refractivity contribution in [2.24, 2.45) is 17.8 Å². The Labute approximate surface area is 264 Å². The van der Waals surface area contributed by atoms with Gasteiger partial charge in [0.25, 0.3) is 15.9 Å². The van der Waals surface area contributed by atoms with Crippen molar-refractivity contribution in [1.82, 2.24) is 0 Å². The fraction of sp³-hybridized carbons (Fsp3) is 0.265. The van der Waals surface area contributed by atoms with Gasteiger partial charge in [-0.05, 0) is 115 Å². The highest BCUT2D eigenvalue weighted by molar-refractivity contribution is 7.92. The number of nitrogens with one attached hydrogen (secondary N) is 3. The van der Waals surface area contributed by atoms with Crippen molar-refractivity contribution < 1.29 is 26.4 Å². The summed E-state index contributed by atoms with van der Waals surface area (Å²) >= 11 is 5.64. The van der Waals surface area contributed by atoms with Crippen molar-refractivity contribution in [2.75, 3.05) is 15.4 Å². The van der Waals surface area contributed by atoms with E-state index < -0.39 is 26.8 Å². The van der Waals surface area contributed by atoms with Crippen molar-refractivity contribution in [1.29, 1.82) is 0 Å². The van der Waals surface area contributed by atoms with Crippen molar-refractivity contribution in [3.63, 3.8) is 0 Å². The van der Waals surface area contributed by atoms with Crippen LogP contribution in [0.4, 0.5) is 30.2 Å². The summed E-state index contributed by atoms with van der Waals surface area (Å²) in [6.45, 7) is 0. The van der Waals surface area contributed by atoms with E-state index in [1.54, 1.807) is 6.07 Å². The molecule has 2 fully saturated rings. The molecule has 4 aromatic carbocycles. The SMILES string of the molecule is O=C(Nc1ccc(S(=O)(=O)Nc2ccc(Cl)c(C(F)(F)F)c2)cc1)c1ccc2c(c1)[C@@H]1[C@H]3CC[C@@H](C3)[C@@H]1[C@@H](c1ccccc1)N2. The van der Waals surface area contributed by atoms with Gasteiger partial charge in [-0.3, -0.25) is 9.52 Å². The molecule has 1 amide bonds. The van der Waals surface area contributed by atoms with Gasteiger partial charge >= 0.3 is 6.18 Å². The molecule has 6 nitrogen and oxygen atoms in total. The molecule has 2 bridgehead atoms. The third kappa shape index (κ3) is 5.55. The van der Waals surface area contributed by atoms with E-state index in [1.165, 1.54) is 54.7 Å². The Bertz CT molecular complexity index is 1880. The zero-order chi connectivity index (χ0) is 31.5. The van der Waals surface area contributed by atoms with Gasteiger partial charge in [-0.1, -0.05) is 41.9 Å². The quantitative estimate of drug-likeness (QED) is 0.195. The monoisotopic (exact) mass is 651 g/mol. The summed E-state index contributed by atoms with van der Waals surface area (Å²) in [6, 6.07) is 24.7. The maximum atomic E-state index is 13.3. The fourth-order valence-corrected chi connectivity index (χ4v) is 8.83. The Morgan fingerprint density at radius 1 is 0.867 bits per heavy atom. The van der Waals surface area contributed by atoms with Crippen LogP contribution in [0.25, 0.3) is 0 Å². The van der Waals surface area contributed by atoms with Crippen LogP contribution < -0.4 is 15.4 Å². The zero-order valence-electron chi connectivity index (χ0n) is 23.8. The van der Waals surface area contributed by atoms with E-state index in [2.05, 4.69) is 39.6 Å². The third-order valence-electron chi connectivity index (χ3n) is 9.45. The van der Waals surface area contributed by atoms with Crippen LogP contribution in [0.1, 0.15) is 58.3 Å². The minimum atomic E-state index is -4.74. The van der Waals surface area contributed by atoms with Gasteiger partial charge in [0.05, 0.1) is 21.5 Å². The summed E-state index contributed by atoms with van der Waals surface area (Å²) in [4.78, 5) is 13.2. The molecule has 0 saturated heterocycles. The second kappa shape index (κ2) is 11.1. The van der Waals surface area contributed by atoms with Crippen molar-refractivity contribution in [2.45, 2.75) is 42.3 Å². The highest BCUT2D eigenvalue weighted by Crippen LogP contribution is 2.63. The molecular formula is C34H29ClF3N3O3S. The van der Waals surface area contributed by atoms with Gasteiger partial charge in [0.1, 0.15) is 0 Å². The number of benzene rings is 4. The molecule has 0 aromatic heterocycles. The van der Waals surface area contributed by atoms with Crippen LogP contribution in [0.15, 0.2) is 95.9 Å². The summed E-state index contributed by atoms with van der Waals surface area (Å²) in [5.74, 6) is 1.77. The lowest BCUT2D eigenvalue weighted by atomic mass is 9.68. The lowest BCUT2D eigenvalue weighted by Crippen LogP contribution is -2.35. The summed E-state index contributed by atoms with van der Waals surface area (Å²) in [6.07, 6.45) is -1.09. The lowest BCUT2D eigenvalue weighted by Gasteiger charge is -2.43. The van der Waals surface area contributed by atoms with Gasteiger partial charge in [0, 0.05) is 22.6 Å². The van der Waals surface area contributed by atoms with Crippen LogP contribution in [0, 0.1) is 17.8 Å². The molecular weight excluding hydrogens is 623 g/mol. The smallest absolute Gasteiger partial charge is 0.378 e. The molecule has 7 rings (SSSR count). The van der Waals surface area contributed by atoms with Crippen LogP contribution in [-0.2, 0) is 16.2 Å².